The van der Waals surface area contributed by atoms with Crippen LogP contribution in [-0.2, 0) is 15.9 Å². The second kappa shape index (κ2) is 15.0. The number of aromatic hydroxyl groups is 1. The van der Waals surface area contributed by atoms with Gasteiger partial charge in [-0.2, -0.15) is 9.97 Å². The Labute approximate surface area is 314 Å². The maximum Gasteiger partial charge on any atom is 0.319 e. The molecule has 1 saturated carbocycles. The number of benzene rings is 2. The zero-order valence-electron chi connectivity index (χ0n) is 31.5. The summed E-state index contributed by atoms with van der Waals surface area (Å²) in [4.78, 5) is 18.8. The lowest BCUT2D eigenvalue weighted by Gasteiger charge is -2.47. The number of anilines is 1. The Morgan fingerprint density at radius 1 is 0.981 bits per heavy atom. The molecule has 8 rings (SSSR count). The van der Waals surface area contributed by atoms with Gasteiger partial charge in [0.15, 0.2) is 5.82 Å². The fraction of sp³-hybridized carbons (Fsp3) is 0.585. The summed E-state index contributed by atoms with van der Waals surface area (Å²) in [6, 6.07) is 6.24. The van der Waals surface area contributed by atoms with Crippen molar-refractivity contribution in [1.82, 2.24) is 19.9 Å². The van der Waals surface area contributed by atoms with Crippen LogP contribution in [0.15, 0.2) is 24.3 Å². The number of nitrogens with zero attached hydrogens (tertiary/aromatic N) is 5. The van der Waals surface area contributed by atoms with E-state index < -0.39 is 17.2 Å². The van der Waals surface area contributed by atoms with Crippen molar-refractivity contribution in [3.05, 3.63) is 41.5 Å². The highest BCUT2D eigenvalue weighted by Gasteiger charge is 2.49. The van der Waals surface area contributed by atoms with Gasteiger partial charge in [0.2, 0.25) is 5.88 Å². The molecule has 0 radical (unpaired) electrons. The number of phenols is 1. The summed E-state index contributed by atoms with van der Waals surface area (Å²) in [7, 11) is 1.44. The largest absolute Gasteiger partial charge is 0.508 e. The van der Waals surface area contributed by atoms with Crippen LogP contribution in [-0.4, -0.2) is 108 Å². The number of ether oxygens (including phenoxy) is 4. The highest BCUT2D eigenvalue weighted by atomic mass is 19.1. The molecule has 0 spiro atoms. The predicted octanol–water partition coefficient (Wildman–Crippen LogP) is 6.43. The van der Waals surface area contributed by atoms with Gasteiger partial charge in [-0.25, -0.2) is 13.8 Å². The SMILES string of the molecule is CCc1c(F)ccc2cc(O)cc(-c3nc(OC)c4c(N5CCOC[C@@](C)(O)C5)nc(OC[C@]56CCC[C@H]5N(CC5CCOCC5)CCC6)nc4c3F)c12. The van der Waals surface area contributed by atoms with Crippen molar-refractivity contribution in [2.75, 3.05) is 71.2 Å². The van der Waals surface area contributed by atoms with E-state index in [4.69, 9.17) is 28.9 Å². The van der Waals surface area contributed by atoms with E-state index in [-0.39, 0.29) is 58.4 Å². The van der Waals surface area contributed by atoms with Crippen molar-refractivity contribution >= 4 is 27.5 Å². The van der Waals surface area contributed by atoms with Crippen molar-refractivity contribution in [1.29, 1.82) is 0 Å². The molecule has 4 fully saturated rings. The Morgan fingerprint density at radius 3 is 2.59 bits per heavy atom. The van der Waals surface area contributed by atoms with E-state index in [1.54, 1.807) is 13.0 Å². The molecular weight excluding hydrogens is 696 g/mol. The van der Waals surface area contributed by atoms with Gasteiger partial charge in [-0.05, 0) is 98.9 Å². The molecule has 4 aliphatic rings. The number of aryl methyl sites for hydroxylation is 1. The topological polar surface area (TPSA) is 123 Å². The Balaban J connectivity index is 1.24. The van der Waals surface area contributed by atoms with Gasteiger partial charge in [0.1, 0.15) is 39.6 Å². The van der Waals surface area contributed by atoms with Crippen LogP contribution in [0.3, 0.4) is 0 Å². The minimum atomic E-state index is -1.22. The Morgan fingerprint density at radius 2 is 1.80 bits per heavy atom. The van der Waals surface area contributed by atoms with Gasteiger partial charge < -0.3 is 34.1 Å². The number of phenolic OH excluding ortho intramolecular Hbond substituents is 1. The number of methoxy groups -OCH3 is 1. The van der Waals surface area contributed by atoms with Crippen molar-refractivity contribution in [3.63, 3.8) is 0 Å². The number of β-amino-alcohol motifs (C(OH)–C–C–N with tert-alkyl or cyclic N) is 1. The summed E-state index contributed by atoms with van der Waals surface area (Å²) in [6.07, 6.45) is 7.89. The Bertz CT molecular complexity index is 2030. The van der Waals surface area contributed by atoms with Gasteiger partial charge in [0, 0.05) is 43.3 Å². The molecule has 1 aliphatic carbocycles. The van der Waals surface area contributed by atoms with E-state index in [0.717, 1.165) is 71.2 Å². The van der Waals surface area contributed by atoms with Crippen molar-refractivity contribution in [2.45, 2.75) is 76.9 Å². The van der Waals surface area contributed by atoms with E-state index in [9.17, 15) is 10.2 Å². The predicted molar refractivity (Wildman–Crippen MR) is 201 cm³/mol. The van der Waals surface area contributed by atoms with Crippen LogP contribution in [0, 0.1) is 23.0 Å². The monoisotopic (exact) mass is 747 g/mol. The Hall–Kier alpha value is -3.91. The van der Waals surface area contributed by atoms with Crippen LogP contribution in [0.4, 0.5) is 14.6 Å². The molecule has 4 aromatic rings. The van der Waals surface area contributed by atoms with Crippen LogP contribution >= 0.6 is 0 Å². The lowest BCUT2D eigenvalue weighted by Crippen LogP contribution is -2.53. The molecule has 0 unspecified atom stereocenters. The normalized spacial score (nSPS) is 25.6. The van der Waals surface area contributed by atoms with Gasteiger partial charge in [-0.3, -0.25) is 4.90 Å². The van der Waals surface area contributed by atoms with Crippen LogP contribution in [0.5, 0.6) is 17.6 Å². The van der Waals surface area contributed by atoms with Gasteiger partial charge in [-0.1, -0.05) is 19.4 Å². The second-order valence-corrected chi connectivity index (χ2v) is 16.0. The first-order valence-electron chi connectivity index (χ1n) is 19.5. The number of aromatic nitrogens is 3. The first-order chi connectivity index (χ1) is 26.1. The highest BCUT2D eigenvalue weighted by Crippen LogP contribution is 2.49. The number of likely N-dealkylation sites (tertiary alicyclic amines) is 1. The third kappa shape index (κ3) is 6.93. The number of halogens is 2. The fourth-order valence-electron chi connectivity index (χ4n) is 9.64. The molecule has 2 aromatic carbocycles. The maximum atomic E-state index is 17.4. The molecule has 2 N–H and O–H groups in total. The number of pyridine rings is 1. The first-order valence-corrected chi connectivity index (χ1v) is 19.5. The zero-order chi connectivity index (χ0) is 37.6. The number of aliphatic hydroxyl groups is 1. The summed E-state index contributed by atoms with van der Waals surface area (Å²) < 4.78 is 56.4. The maximum absolute atomic E-state index is 17.4. The molecule has 3 aliphatic heterocycles. The molecule has 5 heterocycles. The fourth-order valence-corrected chi connectivity index (χ4v) is 9.64. The summed E-state index contributed by atoms with van der Waals surface area (Å²) >= 11 is 0. The summed E-state index contributed by atoms with van der Waals surface area (Å²) in [5, 5.41) is 23.2. The average Bonchev–Trinajstić information content (AvgIpc) is 3.52. The summed E-state index contributed by atoms with van der Waals surface area (Å²) in [5.74, 6) is -0.348. The lowest BCUT2D eigenvalue weighted by molar-refractivity contribution is -0.0203. The molecular formula is C41H51F2N5O6. The number of hydrogen-bond acceptors (Lipinski definition) is 11. The molecule has 11 nitrogen and oxygen atoms in total. The third-order valence-corrected chi connectivity index (χ3v) is 12.2. The molecule has 2 aromatic heterocycles. The summed E-state index contributed by atoms with van der Waals surface area (Å²) in [6.45, 7) is 8.64. The van der Waals surface area contributed by atoms with Crippen LogP contribution in [0.25, 0.3) is 32.9 Å². The van der Waals surface area contributed by atoms with Gasteiger partial charge in [0.05, 0.1) is 33.5 Å². The minimum absolute atomic E-state index is 0.0167. The number of piperidine rings is 1. The van der Waals surface area contributed by atoms with Crippen molar-refractivity contribution < 1.29 is 37.9 Å². The van der Waals surface area contributed by atoms with E-state index in [2.05, 4.69) is 9.88 Å². The van der Waals surface area contributed by atoms with E-state index in [1.165, 1.54) is 25.3 Å². The first kappa shape index (κ1) is 37.0. The standard InChI is InChI=1S/C41H51F2N5O6/c1-4-28-30(42)9-8-26-19-27(49)20-29(32(26)28)35-34(43)36-33(38(44-35)51-3)37(48-15-18-53-23-40(2,50)22-48)46-39(45-36)54-24-41-12-5-7-31(41)47(14-6-13-41)21-25-10-16-52-17-11-25/h8-9,19-20,25,31,49-50H,4-7,10-18,21-24H2,1-3H3/t31-,40+,41-/m1/s1. The Kier molecular flexibility index (Phi) is 10.3. The smallest absolute Gasteiger partial charge is 0.319 e. The van der Waals surface area contributed by atoms with Crippen molar-refractivity contribution in [3.8, 4) is 28.9 Å². The number of rotatable bonds is 9. The second-order valence-electron chi connectivity index (χ2n) is 16.0. The number of fused-ring (bicyclic) bond motifs is 3. The molecule has 0 bridgehead atoms. The lowest BCUT2D eigenvalue weighted by atomic mass is 9.75. The van der Waals surface area contributed by atoms with Gasteiger partial charge >= 0.3 is 6.01 Å². The number of hydrogen-bond donors (Lipinski definition) is 2. The minimum Gasteiger partial charge on any atom is -0.508 e. The van der Waals surface area contributed by atoms with Crippen LogP contribution in [0.2, 0.25) is 0 Å². The molecule has 3 atom stereocenters. The molecule has 0 amide bonds. The molecule has 13 heteroatoms. The van der Waals surface area contributed by atoms with Gasteiger partial charge in [0.25, 0.3) is 0 Å². The van der Waals surface area contributed by atoms with E-state index in [1.807, 2.05) is 11.8 Å². The molecule has 290 valence electrons. The van der Waals surface area contributed by atoms with Crippen molar-refractivity contribution in [2.24, 2.45) is 11.3 Å². The van der Waals surface area contributed by atoms with Crippen LogP contribution in [0.1, 0.15) is 64.4 Å². The van der Waals surface area contributed by atoms with Gasteiger partial charge in [-0.15, -0.1) is 0 Å². The quantitative estimate of drug-likeness (QED) is 0.197. The molecule has 54 heavy (non-hydrogen) atoms. The van der Waals surface area contributed by atoms with Crippen LogP contribution < -0.4 is 14.4 Å². The average molecular weight is 748 g/mol. The van der Waals surface area contributed by atoms with E-state index in [0.29, 0.717) is 60.3 Å². The third-order valence-electron chi connectivity index (χ3n) is 12.2. The van der Waals surface area contributed by atoms with E-state index >= 15 is 8.78 Å². The highest BCUT2D eigenvalue weighted by molar-refractivity contribution is 6.03. The molecule has 3 saturated heterocycles. The zero-order valence-corrected chi connectivity index (χ0v) is 31.5. The summed E-state index contributed by atoms with van der Waals surface area (Å²) in [5.41, 5.74) is -0.937.